The lowest BCUT2D eigenvalue weighted by atomic mass is 9.93. The maximum absolute atomic E-state index is 11.9. The van der Waals surface area contributed by atoms with Crippen LogP contribution in [0.5, 0.6) is 0 Å². The number of carbonyl (C=O) groups excluding carboxylic acids is 1. The Bertz CT molecular complexity index is 332. The van der Waals surface area contributed by atoms with Gasteiger partial charge in [-0.15, -0.1) is 0 Å². The Morgan fingerprint density at radius 1 is 1.09 bits per heavy atom. The topological polar surface area (TPSA) is 83.6 Å². The van der Waals surface area contributed by atoms with E-state index in [4.69, 9.17) is 5.84 Å². The van der Waals surface area contributed by atoms with Crippen molar-refractivity contribution in [3.8, 4) is 0 Å². The number of hydrogen-bond donors (Lipinski definition) is 2. The minimum absolute atomic E-state index is 0.104. The highest BCUT2D eigenvalue weighted by Crippen LogP contribution is 2.19. The van der Waals surface area contributed by atoms with Gasteiger partial charge in [-0.1, -0.05) is 47.0 Å². The number of carbonyl (C=O) groups is 2. The van der Waals surface area contributed by atoms with Gasteiger partial charge in [0.05, 0.1) is 12.5 Å². The van der Waals surface area contributed by atoms with E-state index in [1.54, 1.807) is 0 Å². The van der Waals surface area contributed by atoms with Gasteiger partial charge in [0.1, 0.15) is 0 Å². The molecule has 0 bridgehead atoms. The number of nitrogens with zero attached hydrogens (tertiary/aromatic N) is 1. The molecule has 130 valence electrons. The highest BCUT2D eigenvalue weighted by molar-refractivity contribution is 5.77. The van der Waals surface area contributed by atoms with Gasteiger partial charge in [0, 0.05) is 6.42 Å². The van der Waals surface area contributed by atoms with Crippen molar-refractivity contribution in [3.63, 3.8) is 0 Å². The molecular weight excluding hydrogens is 280 g/mol. The average Bonchev–Trinajstić information content (AvgIpc) is 2.45. The number of hydrazine groups is 1. The van der Waals surface area contributed by atoms with Crippen LogP contribution in [-0.2, 0) is 9.59 Å². The molecule has 0 fully saturated rings. The van der Waals surface area contributed by atoms with Crippen molar-refractivity contribution in [3.05, 3.63) is 0 Å². The van der Waals surface area contributed by atoms with Gasteiger partial charge in [-0.25, -0.2) is 5.84 Å². The van der Waals surface area contributed by atoms with Crippen LogP contribution in [0.4, 0.5) is 0 Å². The first-order valence-electron chi connectivity index (χ1n) is 8.55. The number of carboxylic acid groups (broad SMARTS) is 1. The van der Waals surface area contributed by atoms with Crippen LogP contribution in [-0.4, -0.2) is 28.5 Å². The van der Waals surface area contributed by atoms with Crippen molar-refractivity contribution in [2.24, 2.45) is 23.6 Å². The summed E-state index contributed by atoms with van der Waals surface area (Å²) in [6.45, 7) is 8.51. The Labute approximate surface area is 135 Å². The molecule has 2 atom stereocenters. The maximum atomic E-state index is 11.9. The van der Waals surface area contributed by atoms with E-state index in [2.05, 4.69) is 13.8 Å². The number of rotatable bonds is 12. The summed E-state index contributed by atoms with van der Waals surface area (Å²) in [6, 6.07) is 0. The zero-order chi connectivity index (χ0) is 17.1. The molecule has 0 saturated carbocycles. The fourth-order valence-electron chi connectivity index (χ4n) is 2.37. The molecule has 5 heteroatoms. The van der Waals surface area contributed by atoms with E-state index in [0.29, 0.717) is 24.7 Å². The van der Waals surface area contributed by atoms with E-state index in [1.165, 1.54) is 6.42 Å². The predicted octanol–water partition coefficient (Wildman–Crippen LogP) is 3.43. The Balaban J connectivity index is 4.27. The van der Waals surface area contributed by atoms with Crippen molar-refractivity contribution in [2.75, 3.05) is 6.54 Å². The first-order chi connectivity index (χ1) is 10.3. The zero-order valence-corrected chi connectivity index (χ0v) is 14.7. The smallest absolute Gasteiger partial charge is 0.308 e. The lowest BCUT2D eigenvalue weighted by Gasteiger charge is -2.22. The van der Waals surface area contributed by atoms with Gasteiger partial charge in [-0.2, -0.15) is 0 Å². The molecule has 3 N–H and O–H groups in total. The van der Waals surface area contributed by atoms with Crippen LogP contribution in [0.15, 0.2) is 0 Å². The van der Waals surface area contributed by atoms with E-state index in [-0.39, 0.29) is 12.5 Å². The first-order valence-corrected chi connectivity index (χ1v) is 8.55. The molecule has 0 aliphatic rings. The normalized spacial score (nSPS) is 13.9. The molecule has 0 aromatic rings. The van der Waals surface area contributed by atoms with E-state index < -0.39 is 11.9 Å². The summed E-state index contributed by atoms with van der Waals surface area (Å²) in [5, 5.41) is 10.4. The van der Waals surface area contributed by atoms with Gasteiger partial charge in [-0.3, -0.25) is 14.6 Å². The van der Waals surface area contributed by atoms with Crippen LogP contribution in [0.2, 0.25) is 0 Å². The lowest BCUT2D eigenvalue weighted by Crippen LogP contribution is -2.42. The molecule has 0 aliphatic carbocycles. The molecule has 0 aromatic heterocycles. The van der Waals surface area contributed by atoms with Crippen LogP contribution >= 0.6 is 0 Å². The fourth-order valence-corrected chi connectivity index (χ4v) is 2.37. The third kappa shape index (κ3) is 9.77. The van der Waals surface area contributed by atoms with Crippen LogP contribution < -0.4 is 5.84 Å². The SMILES string of the molecule is CCCCC(C)CCC(CN(N)C(=O)CCC(C)C)C(=O)O. The summed E-state index contributed by atoms with van der Waals surface area (Å²) >= 11 is 0. The molecule has 0 aliphatic heterocycles. The molecule has 0 radical (unpaired) electrons. The third-order valence-electron chi connectivity index (χ3n) is 4.08. The Kier molecular flexibility index (Phi) is 10.9. The van der Waals surface area contributed by atoms with Gasteiger partial charge >= 0.3 is 5.97 Å². The zero-order valence-electron chi connectivity index (χ0n) is 14.7. The van der Waals surface area contributed by atoms with E-state index in [0.717, 1.165) is 30.7 Å². The van der Waals surface area contributed by atoms with Crippen molar-refractivity contribution < 1.29 is 14.7 Å². The minimum Gasteiger partial charge on any atom is -0.481 e. The van der Waals surface area contributed by atoms with Crippen molar-refractivity contribution >= 4 is 11.9 Å². The Hall–Kier alpha value is -1.10. The molecule has 22 heavy (non-hydrogen) atoms. The van der Waals surface area contributed by atoms with Gasteiger partial charge in [-0.05, 0) is 31.1 Å². The lowest BCUT2D eigenvalue weighted by molar-refractivity contribution is -0.144. The molecule has 0 aromatic carbocycles. The monoisotopic (exact) mass is 314 g/mol. The predicted molar refractivity (Wildman–Crippen MR) is 89.0 cm³/mol. The summed E-state index contributed by atoms with van der Waals surface area (Å²) in [5.74, 6) is 5.10. The van der Waals surface area contributed by atoms with Crippen LogP contribution in [0.3, 0.4) is 0 Å². The van der Waals surface area contributed by atoms with Gasteiger partial charge in [0.15, 0.2) is 0 Å². The number of nitrogens with two attached hydrogens (primary N) is 1. The number of carboxylic acids is 1. The first kappa shape index (κ1) is 20.9. The molecule has 0 heterocycles. The highest BCUT2D eigenvalue weighted by Gasteiger charge is 2.23. The number of amides is 1. The second kappa shape index (κ2) is 11.5. The van der Waals surface area contributed by atoms with Gasteiger partial charge < -0.3 is 5.11 Å². The number of unbranched alkanes of at least 4 members (excludes halogenated alkanes) is 1. The fraction of sp³-hybridized carbons (Fsp3) is 0.882. The van der Waals surface area contributed by atoms with E-state index in [1.807, 2.05) is 13.8 Å². The molecule has 1 amide bonds. The average molecular weight is 314 g/mol. The Morgan fingerprint density at radius 3 is 2.23 bits per heavy atom. The standard InChI is InChI=1S/C17H34N2O3/c1-5-6-7-14(4)9-10-15(17(21)22)12-19(18)16(20)11-8-13(2)3/h13-15H,5-12,18H2,1-4H3,(H,21,22). The summed E-state index contributed by atoms with van der Waals surface area (Å²) < 4.78 is 0. The molecule has 0 saturated heterocycles. The van der Waals surface area contributed by atoms with Gasteiger partial charge in [0.25, 0.3) is 0 Å². The number of aliphatic carboxylic acids is 1. The second-order valence-electron chi connectivity index (χ2n) is 6.84. The Morgan fingerprint density at radius 2 is 1.73 bits per heavy atom. The molecule has 2 unspecified atom stereocenters. The van der Waals surface area contributed by atoms with Crippen LogP contribution in [0.25, 0.3) is 0 Å². The van der Waals surface area contributed by atoms with E-state index in [9.17, 15) is 14.7 Å². The molecular formula is C17H34N2O3. The van der Waals surface area contributed by atoms with E-state index >= 15 is 0 Å². The summed E-state index contributed by atoms with van der Waals surface area (Å²) in [6.07, 6.45) is 6.06. The molecule has 0 rings (SSSR count). The van der Waals surface area contributed by atoms with Crippen LogP contribution in [0, 0.1) is 17.8 Å². The van der Waals surface area contributed by atoms with Gasteiger partial charge in [0.2, 0.25) is 5.91 Å². The second-order valence-corrected chi connectivity index (χ2v) is 6.84. The minimum atomic E-state index is -0.866. The largest absolute Gasteiger partial charge is 0.481 e. The molecule has 5 nitrogen and oxygen atoms in total. The van der Waals surface area contributed by atoms with Crippen LogP contribution in [0.1, 0.15) is 72.6 Å². The molecule has 0 spiro atoms. The van der Waals surface area contributed by atoms with Crippen molar-refractivity contribution in [2.45, 2.75) is 72.6 Å². The third-order valence-corrected chi connectivity index (χ3v) is 4.08. The number of hydrogen-bond acceptors (Lipinski definition) is 3. The van der Waals surface area contributed by atoms with Crippen molar-refractivity contribution in [1.82, 2.24) is 5.01 Å². The summed E-state index contributed by atoms with van der Waals surface area (Å²) in [5.41, 5.74) is 0. The quantitative estimate of drug-likeness (QED) is 0.328. The summed E-state index contributed by atoms with van der Waals surface area (Å²) in [4.78, 5) is 23.2. The summed E-state index contributed by atoms with van der Waals surface area (Å²) in [7, 11) is 0. The van der Waals surface area contributed by atoms with Crippen molar-refractivity contribution in [1.29, 1.82) is 0 Å². The highest BCUT2D eigenvalue weighted by atomic mass is 16.4. The maximum Gasteiger partial charge on any atom is 0.308 e.